The van der Waals surface area contributed by atoms with Gasteiger partial charge in [-0.15, -0.1) is 0 Å². The SMILES string of the molecule is O=S(=O)([O-])[O-].O=S(=O)([O-])[O-].O=S(=O)([O-])[O-].OC[C@H]1O[C@@](CO)(O[C@H]2O[C@H](CO)[C@@H](O)[C@H](O)[C@H]2O)[C@@H](O)[C@@H]1O.[Al+3].[Al+3]. The van der Waals surface area contributed by atoms with E-state index in [-0.39, 0.29) is 34.7 Å². The third-order valence-corrected chi connectivity index (χ3v) is 4.07. The smallest absolute Gasteiger partial charge is 0.759 e. The van der Waals surface area contributed by atoms with Gasteiger partial charge in [-0.1, -0.05) is 0 Å². The van der Waals surface area contributed by atoms with Crippen LogP contribution >= 0.6 is 0 Å². The molecule has 23 nitrogen and oxygen atoms in total. The zero-order valence-electron chi connectivity index (χ0n) is 19.3. The average Bonchev–Trinajstić information content (AvgIpc) is 2.95. The van der Waals surface area contributed by atoms with Crippen molar-refractivity contribution in [1.82, 2.24) is 0 Å². The van der Waals surface area contributed by atoms with Crippen LogP contribution in [0.3, 0.4) is 0 Å². The second kappa shape index (κ2) is 19.5. The summed E-state index contributed by atoms with van der Waals surface area (Å²) in [4.78, 5) is 0. The van der Waals surface area contributed by atoms with Crippen LogP contribution in [-0.4, -0.2) is 203 Å². The zero-order chi connectivity index (χ0) is 30.9. The van der Waals surface area contributed by atoms with E-state index in [2.05, 4.69) is 0 Å². The molecule has 0 saturated carbocycles. The van der Waals surface area contributed by atoms with Crippen molar-refractivity contribution in [3.05, 3.63) is 0 Å². The molecule has 0 amide bonds. The summed E-state index contributed by atoms with van der Waals surface area (Å²) < 4.78 is 118. The summed E-state index contributed by atoms with van der Waals surface area (Å²) in [6, 6.07) is 0. The molecular formula is C12H22Al2O23S3. The number of rotatable bonds is 5. The summed E-state index contributed by atoms with van der Waals surface area (Å²) in [6.45, 7) is -2.32. The molecule has 9 atom stereocenters. The van der Waals surface area contributed by atoms with Crippen molar-refractivity contribution in [3.63, 3.8) is 0 Å². The van der Waals surface area contributed by atoms with Crippen molar-refractivity contribution in [2.75, 3.05) is 19.8 Å². The fourth-order valence-electron chi connectivity index (χ4n) is 2.63. The van der Waals surface area contributed by atoms with Gasteiger partial charge in [0, 0.05) is 31.2 Å². The van der Waals surface area contributed by atoms with Crippen molar-refractivity contribution in [1.29, 1.82) is 0 Å². The maximum absolute atomic E-state index is 10.00. The van der Waals surface area contributed by atoms with Gasteiger partial charge in [0.15, 0.2) is 6.29 Å². The molecule has 0 aromatic carbocycles. The first-order chi connectivity index (χ1) is 16.8. The van der Waals surface area contributed by atoms with Crippen molar-refractivity contribution in [2.45, 2.75) is 54.8 Å². The summed E-state index contributed by atoms with van der Waals surface area (Å²) in [5.74, 6) is -2.22. The number of hydrogen-bond acceptors (Lipinski definition) is 23. The van der Waals surface area contributed by atoms with Crippen LogP contribution in [0, 0.1) is 0 Å². The Morgan fingerprint density at radius 3 is 1.25 bits per heavy atom. The Labute approximate surface area is 247 Å². The average molecular weight is 684 g/mol. The molecular weight excluding hydrogens is 662 g/mol. The summed E-state index contributed by atoms with van der Waals surface area (Å²) in [5.41, 5.74) is 0. The minimum atomic E-state index is -5.17. The van der Waals surface area contributed by atoms with Gasteiger partial charge in [0.2, 0.25) is 5.79 Å². The summed E-state index contributed by atoms with van der Waals surface area (Å²) in [7, 11) is -15.5. The first-order valence-electron chi connectivity index (χ1n) is 9.05. The molecule has 0 bridgehead atoms. The van der Waals surface area contributed by atoms with Gasteiger partial charge in [-0.3, -0.25) is 25.3 Å². The molecule has 0 aliphatic carbocycles. The van der Waals surface area contributed by atoms with Crippen LogP contribution in [0.1, 0.15) is 0 Å². The fraction of sp³-hybridized carbons (Fsp3) is 1.00. The van der Waals surface area contributed by atoms with Crippen LogP contribution in [0.25, 0.3) is 0 Å². The van der Waals surface area contributed by atoms with Gasteiger partial charge in [-0.25, -0.2) is 0 Å². The third-order valence-electron chi connectivity index (χ3n) is 4.07. The van der Waals surface area contributed by atoms with E-state index < -0.39 is 106 Å². The summed E-state index contributed by atoms with van der Waals surface area (Å²) in [6.07, 6.45) is -12.7. The third kappa shape index (κ3) is 20.2. The van der Waals surface area contributed by atoms with E-state index >= 15 is 0 Å². The largest absolute Gasteiger partial charge is 3.00 e. The van der Waals surface area contributed by atoms with Crippen molar-refractivity contribution in [3.8, 4) is 0 Å². The molecule has 2 aliphatic rings. The molecule has 2 fully saturated rings. The van der Waals surface area contributed by atoms with Gasteiger partial charge in [0.05, 0.1) is 13.2 Å². The fourth-order valence-corrected chi connectivity index (χ4v) is 2.63. The van der Waals surface area contributed by atoms with Gasteiger partial charge < -0.3 is 82.4 Å². The van der Waals surface area contributed by atoms with E-state index in [1.807, 2.05) is 0 Å². The van der Waals surface area contributed by atoms with E-state index in [1.54, 1.807) is 0 Å². The number of aliphatic hydroxyl groups is 8. The van der Waals surface area contributed by atoms with E-state index in [4.69, 9.17) is 77.0 Å². The minimum Gasteiger partial charge on any atom is -0.759 e. The number of hydrogen-bond donors (Lipinski definition) is 8. The standard InChI is InChI=1S/C12H22O11.2Al.3H2O4S/c13-1-4-6(16)8(18)9(19)11(21-4)23-12(3-15)10(20)7(17)5(2-14)22-12;;;3*1-5(2,3)4/h4-11,13-20H,1-3H2;;;3*(H2,1,2,3,4)/q;2*+3;;;/p-6/t4-,5-,6-,7-,8+,9-,10+,11-,12+;;;;;/m1...../s1. The quantitative estimate of drug-likeness (QED) is 0.0756. The number of ether oxygens (including phenoxy) is 3. The van der Waals surface area contributed by atoms with E-state index in [0.29, 0.717) is 0 Å². The first kappa shape index (κ1) is 47.2. The van der Waals surface area contributed by atoms with E-state index in [0.717, 1.165) is 0 Å². The molecule has 0 unspecified atom stereocenters. The molecule has 40 heavy (non-hydrogen) atoms. The molecule has 0 radical (unpaired) electrons. The van der Waals surface area contributed by atoms with Crippen molar-refractivity contribution >= 4 is 65.9 Å². The summed E-state index contributed by atoms with van der Waals surface area (Å²) in [5, 5.41) is 76.7. The second-order valence-electron chi connectivity index (χ2n) is 6.78. The van der Waals surface area contributed by atoms with Crippen LogP contribution in [0.4, 0.5) is 0 Å². The minimum absolute atomic E-state index is 0. The van der Waals surface area contributed by atoms with Crippen LogP contribution in [0.15, 0.2) is 0 Å². The molecule has 232 valence electrons. The molecule has 2 aliphatic heterocycles. The second-order valence-corrected chi connectivity index (χ2v) is 9.23. The molecule has 28 heteroatoms. The first-order valence-corrected chi connectivity index (χ1v) is 13.0. The van der Waals surface area contributed by atoms with Crippen LogP contribution in [-0.2, 0) is 45.4 Å². The Hall–Kier alpha value is 0.235. The molecule has 0 spiro atoms. The van der Waals surface area contributed by atoms with E-state index in [9.17, 15) is 30.6 Å². The van der Waals surface area contributed by atoms with Gasteiger partial charge in [-0.2, -0.15) is 0 Å². The Balaban J connectivity index is -0.000000316. The molecule has 2 saturated heterocycles. The van der Waals surface area contributed by atoms with Crippen LogP contribution in [0.2, 0.25) is 0 Å². The maximum atomic E-state index is 10.00. The topological polar surface area (TPSA) is 430 Å². The molecule has 0 aromatic rings. The van der Waals surface area contributed by atoms with Crippen molar-refractivity contribution in [2.24, 2.45) is 0 Å². The van der Waals surface area contributed by atoms with Gasteiger partial charge in [0.1, 0.15) is 49.3 Å². The van der Waals surface area contributed by atoms with Crippen LogP contribution in [0.5, 0.6) is 0 Å². The van der Waals surface area contributed by atoms with E-state index in [1.165, 1.54) is 0 Å². The Bertz CT molecular complexity index is 911. The van der Waals surface area contributed by atoms with Gasteiger partial charge >= 0.3 is 34.7 Å². The molecule has 8 N–H and O–H groups in total. The Morgan fingerprint density at radius 2 is 0.975 bits per heavy atom. The number of aliphatic hydroxyl groups excluding tert-OH is 8. The Morgan fingerprint density at radius 1 is 0.625 bits per heavy atom. The van der Waals surface area contributed by atoms with Gasteiger partial charge in [-0.05, 0) is 0 Å². The predicted molar refractivity (Wildman–Crippen MR) is 112 cm³/mol. The molecule has 2 heterocycles. The monoisotopic (exact) mass is 684 g/mol. The normalized spacial score (nSPS) is 33.8. The molecule has 0 aromatic heterocycles. The maximum Gasteiger partial charge on any atom is 3.00 e. The summed E-state index contributed by atoms with van der Waals surface area (Å²) >= 11 is 0. The van der Waals surface area contributed by atoms with Gasteiger partial charge in [0.25, 0.3) is 0 Å². The van der Waals surface area contributed by atoms with Crippen molar-refractivity contribution < 1.29 is 108 Å². The van der Waals surface area contributed by atoms with Crippen LogP contribution < -0.4 is 0 Å². The Kier molecular flexibility index (Phi) is 23.0. The molecule has 2 rings (SSSR count). The zero-order valence-corrected chi connectivity index (χ0v) is 24.1. The predicted octanol–water partition coefficient (Wildman–Crippen LogP) is -10.2.